The van der Waals surface area contributed by atoms with Crippen molar-refractivity contribution in [1.29, 1.82) is 0 Å². The molecule has 1 atom stereocenters. The first-order valence-corrected chi connectivity index (χ1v) is 10.2. The molecule has 0 radical (unpaired) electrons. The Bertz CT molecular complexity index is 998. The van der Waals surface area contributed by atoms with Gasteiger partial charge in [0.25, 0.3) is 0 Å². The Hall–Kier alpha value is -2.64. The summed E-state index contributed by atoms with van der Waals surface area (Å²) in [5.41, 5.74) is 3.45. The van der Waals surface area contributed by atoms with Crippen molar-refractivity contribution >= 4 is 46.3 Å². The van der Waals surface area contributed by atoms with Gasteiger partial charge in [-0.2, -0.15) is 0 Å². The van der Waals surface area contributed by atoms with Crippen molar-refractivity contribution < 1.29 is 9.59 Å². The molecule has 0 fully saturated rings. The highest BCUT2D eigenvalue weighted by Gasteiger charge is 2.28. The van der Waals surface area contributed by atoms with Crippen molar-refractivity contribution in [2.45, 2.75) is 23.5 Å². The molecule has 5 nitrogen and oxygen atoms in total. The summed E-state index contributed by atoms with van der Waals surface area (Å²) >= 11 is 3.03. The van der Waals surface area contributed by atoms with Gasteiger partial charge in [0, 0.05) is 27.9 Å². The molecule has 136 valence electrons. The number of hydrogen-bond acceptors (Lipinski definition) is 5. The Morgan fingerprint density at radius 2 is 1.96 bits per heavy atom. The van der Waals surface area contributed by atoms with Crippen molar-refractivity contribution in [2.75, 3.05) is 10.6 Å². The summed E-state index contributed by atoms with van der Waals surface area (Å²) in [6.45, 7) is 1.97. The van der Waals surface area contributed by atoms with Crippen molar-refractivity contribution in [3.63, 3.8) is 0 Å². The van der Waals surface area contributed by atoms with Gasteiger partial charge in [0.15, 0.2) is 0 Å². The molecular formula is C20H17N3O2S2. The minimum absolute atomic E-state index is 0.123. The third kappa shape index (κ3) is 4.04. The van der Waals surface area contributed by atoms with E-state index < -0.39 is 5.25 Å². The van der Waals surface area contributed by atoms with E-state index in [2.05, 4.69) is 15.6 Å². The number of fused-ring (bicyclic) bond motifs is 1. The molecule has 2 amide bonds. The molecule has 2 N–H and O–H groups in total. The molecule has 2 aromatic carbocycles. The Morgan fingerprint density at radius 1 is 1.19 bits per heavy atom. The number of hydrogen-bond donors (Lipinski definition) is 2. The summed E-state index contributed by atoms with van der Waals surface area (Å²) in [4.78, 5) is 30.1. The quantitative estimate of drug-likeness (QED) is 0.679. The van der Waals surface area contributed by atoms with E-state index in [4.69, 9.17) is 0 Å². The smallest absolute Gasteiger partial charge is 0.238 e. The van der Waals surface area contributed by atoms with Gasteiger partial charge in [-0.3, -0.25) is 9.59 Å². The van der Waals surface area contributed by atoms with Gasteiger partial charge in [-0.05, 0) is 31.2 Å². The second kappa shape index (κ2) is 7.54. The summed E-state index contributed by atoms with van der Waals surface area (Å²) in [6.07, 6.45) is 0.123. The lowest BCUT2D eigenvalue weighted by Crippen LogP contribution is -2.32. The van der Waals surface area contributed by atoms with E-state index in [1.807, 2.05) is 60.8 Å². The van der Waals surface area contributed by atoms with Crippen LogP contribution >= 0.6 is 23.1 Å². The molecule has 2 heterocycles. The molecule has 4 rings (SSSR count). The molecule has 1 aromatic heterocycles. The van der Waals surface area contributed by atoms with Crippen LogP contribution in [0.1, 0.15) is 11.4 Å². The van der Waals surface area contributed by atoms with Crippen LogP contribution in [0.5, 0.6) is 0 Å². The summed E-state index contributed by atoms with van der Waals surface area (Å²) in [5.74, 6) is -0.317. The number of amides is 2. The predicted octanol–water partition coefficient (Wildman–Crippen LogP) is 4.56. The second-order valence-electron chi connectivity index (χ2n) is 6.17. The second-order valence-corrected chi connectivity index (χ2v) is 8.48. The summed E-state index contributed by atoms with van der Waals surface area (Å²) in [6, 6.07) is 15.2. The number of nitrogens with zero attached hydrogens (tertiary/aromatic N) is 1. The Kier molecular flexibility index (Phi) is 4.96. The molecule has 0 unspecified atom stereocenters. The van der Waals surface area contributed by atoms with Crippen LogP contribution in [-0.4, -0.2) is 22.0 Å². The minimum atomic E-state index is -0.433. The number of nitrogens with one attached hydrogen (secondary N) is 2. The summed E-state index contributed by atoms with van der Waals surface area (Å²) in [5, 5.41) is 8.33. The third-order valence-corrected chi connectivity index (χ3v) is 6.21. The van der Waals surface area contributed by atoms with Crippen LogP contribution in [0.2, 0.25) is 0 Å². The zero-order chi connectivity index (χ0) is 18.8. The van der Waals surface area contributed by atoms with E-state index in [1.165, 1.54) is 11.8 Å². The summed E-state index contributed by atoms with van der Waals surface area (Å²) in [7, 11) is 0. The van der Waals surface area contributed by atoms with E-state index in [1.54, 1.807) is 11.3 Å². The number of carbonyl (C=O) groups is 2. The van der Waals surface area contributed by atoms with Crippen molar-refractivity contribution in [3.8, 4) is 11.3 Å². The number of anilines is 2. The van der Waals surface area contributed by atoms with Gasteiger partial charge in [-0.25, -0.2) is 4.98 Å². The SMILES string of the molecule is Cc1nc(-c2ccc(NC(=O)C[C@@H]3Sc4ccccc4NC3=O)cc2)cs1. The maximum Gasteiger partial charge on any atom is 0.238 e. The maximum absolute atomic E-state index is 12.4. The highest BCUT2D eigenvalue weighted by Crippen LogP contribution is 2.36. The maximum atomic E-state index is 12.4. The van der Waals surface area contributed by atoms with Crippen LogP contribution in [-0.2, 0) is 9.59 Å². The van der Waals surface area contributed by atoms with E-state index in [-0.39, 0.29) is 18.2 Å². The lowest BCUT2D eigenvalue weighted by Gasteiger charge is -2.23. The fourth-order valence-electron chi connectivity index (χ4n) is 2.83. The standard InChI is InChI=1S/C20H17N3O2S2/c1-12-21-16(11-26-12)13-6-8-14(9-7-13)22-19(24)10-18-20(25)23-15-4-2-3-5-17(15)27-18/h2-9,11,18H,10H2,1H3,(H,22,24)(H,23,25)/t18-/m0/s1. The number of benzene rings is 2. The number of aromatic nitrogens is 1. The van der Waals surface area contributed by atoms with E-state index in [0.717, 1.165) is 26.8 Å². The average molecular weight is 396 g/mol. The highest BCUT2D eigenvalue weighted by molar-refractivity contribution is 8.01. The zero-order valence-corrected chi connectivity index (χ0v) is 16.2. The Labute approximate surface area is 165 Å². The number of aryl methyl sites for hydroxylation is 1. The van der Waals surface area contributed by atoms with Gasteiger partial charge < -0.3 is 10.6 Å². The van der Waals surface area contributed by atoms with Gasteiger partial charge in [0.1, 0.15) is 0 Å². The molecule has 1 aliphatic rings. The van der Waals surface area contributed by atoms with Crippen LogP contribution in [0.3, 0.4) is 0 Å². The topological polar surface area (TPSA) is 71.1 Å². The first-order chi connectivity index (χ1) is 13.1. The van der Waals surface area contributed by atoms with Gasteiger partial charge in [-0.1, -0.05) is 24.3 Å². The van der Waals surface area contributed by atoms with E-state index in [0.29, 0.717) is 5.69 Å². The van der Waals surface area contributed by atoms with E-state index >= 15 is 0 Å². The average Bonchev–Trinajstić information content (AvgIpc) is 3.09. The monoisotopic (exact) mass is 395 g/mol. The van der Waals surface area contributed by atoms with Gasteiger partial charge in [0.2, 0.25) is 11.8 Å². The highest BCUT2D eigenvalue weighted by atomic mass is 32.2. The van der Waals surface area contributed by atoms with E-state index in [9.17, 15) is 9.59 Å². The number of thiazole rings is 1. The van der Waals surface area contributed by atoms with Gasteiger partial charge in [0.05, 0.1) is 21.6 Å². The molecule has 0 bridgehead atoms. The van der Waals surface area contributed by atoms with Crippen LogP contribution in [0.4, 0.5) is 11.4 Å². The number of carbonyl (C=O) groups excluding carboxylic acids is 2. The zero-order valence-electron chi connectivity index (χ0n) is 14.6. The van der Waals surface area contributed by atoms with Crippen LogP contribution in [0.15, 0.2) is 58.8 Å². The van der Waals surface area contributed by atoms with Crippen molar-refractivity contribution in [2.24, 2.45) is 0 Å². The number of thioether (sulfide) groups is 1. The van der Waals surface area contributed by atoms with Crippen molar-refractivity contribution in [1.82, 2.24) is 4.98 Å². The molecule has 0 spiro atoms. The van der Waals surface area contributed by atoms with Crippen LogP contribution in [0.25, 0.3) is 11.3 Å². The predicted molar refractivity (Wildman–Crippen MR) is 110 cm³/mol. The first kappa shape index (κ1) is 17.8. The molecule has 27 heavy (non-hydrogen) atoms. The molecule has 1 aliphatic heterocycles. The van der Waals surface area contributed by atoms with Gasteiger partial charge in [-0.15, -0.1) is 23.1 Å². The van der Waals surface area contributed by atoms with Crippen LogP contribution in [0, 0.1) is 6.92 Å². The summed E-state index contributed by atoms with van der Waals surface area (Å²) < 4.78 is 0. The molecular weight excluding hydrogens is 378 g/mol. The Balaban J connectivity index is 1.39. The minimum Gasteiger partial charge on any atom is -0.326 e. The number of para-hydroxylation sites is 1. The fraction of sp³-hybridized carbons (Fsp3) is 0.150. The Morgan fingerprint density at radius 3 is 2.70 bits per heavy atom. The molecule has 7 heteroatoms. The first-order valence-electron chi connectivity index (χ1n) is 8.47. The fourth-order valence-corrected chi connectivity index (χ4v) is 4.56. The van der Waals surface area contributed by atoms with Gasteiger partial charge >= 0.3 is 0 Å². The molecule has 0 aliphatic carbocycles. The lowest BCUT2D eigenvalue weighted by atomic mass is 10.1. The molecule has 0 saturated heterocycles. The van der Waals surface area contributed by atoms with Crippen LogP contribution < -0.4 is 10.6 Å². The lowest BCUT2D eigenvalue weighted by molar-refractivity contribution is -0.120. The largest absolute Gasteiger partial charge is 0.326 e. The molecule has 3 aromatic rings. The third-order valence-electron chi connectivity index (χ3n) is 4.16. The normalized spacial score (nSPS) is 15.7. The van der Waals surface area contributed by atoms with Crippen molar-refractivity contribution in [3.05, 3.63) is 58.9 Å². The molecule has 0 saturated carbocycles. The number of rotatable bonds is 4.